The Morgan fingerprint density at radius 2 is 1.85 bits per heavy atom. The van der Waals surface area contributed by atoms with Crippen LogP contribution in [0.2, 0.25) is 0 Å². The van der Waals surface area contributed by atoms with Gasteiger partial charge in [0.1, 0.15) is 11.4 Å². The van der Waals surface area contributed by atoms with Crippen molar-refractivity contribution in [1.29, 1.82) is 0 Å². The number of nitrogens with one attached hydrogen (secondary N) is 1. The summed E-state index contributed by atoms with van der Waals surface area (Å²) in [5.41, 5.74) is 4.34. The summed E-state index contributed by atoms with van der Waals surface area (Å²) in [5, 5.41) is 2.47. The molecule has 1 aliphatic rings. The SMILES string of the molecule is CC(C)(C)OC(=O)N1CCC(C(=O)Nc2c(F)cc(Br)cc2C(N)=O)CC1. The number of ether oxygens (including phenoxy) is 1. The number of rotatable bonds is 3. The third kappa shape index (κ3) is 5.66. The molecule has 0 saturated carbocycles. The van der Waals surface area contributed by atoms with Gasteiger partial charge in [-0.3, -0.25) is 9.59 Å². The van der Waals surface area contributed by atoms with E-state index in [0.717, 1.165) is 6.07 Å². The molecule has 1 heterocycles. The lowest BCUT2D eigenvalue weighted by Gasteiger charge is -2.33. The van der Waals surface area contributed by atoms with Crippen molar-refractivity contribution >= 4 is 39.5 Å². The summed E-state index contributed by atoms with van der Waals surface area (Å²) in [7, 11) is 0. The van der Waals surface area contributed by atoms with Crippen molar-refractivity contribution in [3.05, 3.63) is 28.0 Å². The maximum atomic E-state index is 14.2. The number of primary amides is 1. The van der Waals surface area contributed by atoms with Crippen LogP contribution in [-0.2, 0) is 9.53 Å². The molecule has 3 N–H and O–H groups in total. The number of hydrogen-bond acceptors (Lipinski definition) is 4. The number of piperidine rings is 1. The van der Waals surface area contributed by atoms with Crippen molar-refractivity contribution in [2.45, 2.75) is 39.2 Å². The normalized spacial score (nSPS) is 15.4. The molecule has 1 fully saturated rings. The van der Waals surface area contributed by atoms with Crippen LogP contribution >= 0.6 is 15.9 Å². The molecule has 0 radical (unpaired) electrons. The Morgan fingerprint density at radius 1 is 1.26 bits per heavy atom. The first-order valence-corrected chi connectivity index (χ1v) is 9.35. The van der Waals surface area contributed by atoms with Crippen molar-refractivity contribution in [1.82, 2.24) is 4.90 Å². The average molecular weight is 444 g/mol. The highest BCUT2D eigenvalue weighted by atomic mass is 79.9. The first-order chi connectivity index (χ1) is 12.5. The molecule has 1 aromatic rings. The van der Waals surface area contributed by atoms with Gasteiger partial charge in [-0.2, -0.15) is 0 Å². The molecule has 3 amide bonds. The number of amides is 3. The lowest BCUT2D eigenvalue weighted by Crippen LogP contribution is -2.43. The Morgan fingerprint density at radius 3 is 2.37 bits per heavy atom. The van der Waals surface area contributed by atoms with Crippen LogP contribution in [0, 0.1) is 11.7 Å². The highest BCUT2D eigenvalue weighted by Gasteiger charge is 2.30. The maximum Gasteiger partial charge on any atom is 0.410 e. The minimum Gasteiger partial charge on any atom is -0.444 e. The van der Waals surface area contributed by atoms with E-state index in [1.165, 1.54) is 6.07 Å². The van der Waals surface area contributed by atoms with Crippen LogP contribution in [0.3, 0.4) is 0 Å². The standard InChI is InChI=1S/C18H23BrFN3O4/c1-18(2,3)27-17(26)23-6-4-10(5-7-23)16(25)22-14-12(15(21)24)8-11(19)9-13(14)20/h8-10H,4-7H2,1-3H3,(H2,21,24)(H,22,25). The van der Waals surface area contributed by atoms with Crippen LogP contribution in [0.15, 0.2) is 16.6 Å². The second kappa shape index (κ2) is 8.24. The van der Waals surface area contributed by atoms with E-state index < -0.39 is 35.2 Å². The molecule has 0 spiro atoms. The van der Waals surface area contributed by atoms with E-state index in [2.05, 4.69) is 21.2 Å². The van der Waals surface area contributed by atoms with Crippen LogP contribution in [0.5, 0.6) is 0 Å². The summed E-state index contributed by atoms with van der Waals surface area (Å²) in [4.78, 5) is 37.7. The van der Waals surface area contributed by atoms with Crippen molar-refractivity contribution in [2.75, 3.05) is 18.4 Å². The zero-order valence-electron chi connectivity index (χ0n) is 15.5. The largest absolute Gasteiger partial charge is 0.444 e. The Balaban J connectivity index is 2.01. The molecule has 0 bridgehead atoms. The fourth-order valence-electron chi connectivity index (χ4n) is 2.77. The van der Waals surface area contributed by atoms with Gasteiger partial charge in [0.15, 0.2) is 0 Å². The van der Waals surface area contributed by atoms with E-state index in [0.29, 0.717) is 30.4 Å². The number of likely N-dealkylation sites (tertiary alicyclic amines) is 1. The van der Waals surface area contributed by atoms with E-state index >= 15 is 0 Å². The van der Waals surface area contributed by atoms with Gasteiger partial charge in [0.2, 0.25) is 5.91 Å². The minimum absolute atomic E-state index is 0.110. The summed E-state index contributed by atoms with van der Waals surface area (Å²) < 4.78 is 19.9. The number of benzene rings is 1. The molecule has 2 rings (SSSR count). The van der Waals surface area contributed by atoms with E-state index in [1.54, 1.807) is 25.7 Å². The van der Waals surface area contributed by atoms with Crippen LogP contribution in [-0.4, -0.2) is 41.5 Å². The molecule has 7 nitrogen and oxygen atoms in total. The zero-order valence-corrected chi connectivity index (χ0v) is 17.1. The van der Waals surface area contributed by atoms with Crippen LogP contribution in [0.25, 0.3) is 0 Å². The molecule has 1 saturated heterocycles. The molecule has 9 heteroatoms. The fraction of sp³-hybridized carbons (Fsp3) is 0.500. The van der Waals surface area contributed by atoms with Crippen LogP contribution in [0.4, 0.5) is 14.9 Å². The van der Waals surface area contributed by atoms with Gasteiger partial charge < -0.3 is 20.7 Å². The number of halogens is 2. The van der Waals surface area contributed by atoms with E-state index in [-0.39, 0.29) is 11.3 Å². The molecule has 1 aliphatic heterocycles. The third-order valence-corrected chi connectivity index (χ3v) is 4.54. The van der Waals surface area contributed by atoms with Gasteiger partial charge in [0.05, 0.1) is 11.3 Å². The summed E-state index contributed by atoms with van der Waals surface area (Å²) in [5.74, 6) is -2.42. The van der Waals surface area contributed by atoms with Crippen LogP contribution < -0.4 is 11.1 Å². The molecule has 0 aliphatic carbocycles. The molecule has 0 unspecified atom stereocenters. The van der Waals surface area contributed by atoms with Crippen molar-refractivity contribution in [2.24, 2.45) is 11.7 Å². The van der Waals surface area contributed by atoms with Gasteiger partial charge in [0, 0.05) is 23.5 Å². The second-order valence-corrected chi connectivity index (χ2v) is 8.32. The quantitative estimate of drug-likeness (QED) is 0.747. The zero-order chi connectivity index (χ0) is 20.4. The van der Waals surface area contributed by atoms with Gasteiger partial charge in [-0.15, -0.1) is 0 Å². The lowest BCUT2D eigenvalue weighted by atomic mass is 9.96. The molecule has 0 atom stereocenters. The van der Waals surface area contributed by atoms with Crippen molar-refractivity contribution < 1.29 is 23.5 Å². The molecule has 1 aromatic carbocycles. The maximum absolute atomic E-state index is 14.2. The van der Waals surface area contributed by atoms with Gasteiger partial charge in [-0.25, -0.2) is 9.18 Å². The Bertz CT molecular complexity index is 756. The number of carbonyl (C=O) groups excluding carboxylic acids is 3. The average Bonchev–Trinajstić information content (AvgIpc) is 2.55. The molecule has 148 valence electrons. The number of carbonyl (C=O) groups is 3. The number of nitrogens with zero attached hydrogens (tertiary/aromatic N) is 1. The Kier molecular flexibility index (Phi) is 6.46. The molecular weight excluding hydrogens is 421 g/mol. The van der Waals surface area contributed by atoms with Crippen LogP contribution in [0.1, 0.15) is 44.0 Å². The van der Waals surface area contributed by atoms with E-state index in [9.17, 15) is 18.8 Å². The summed E-state index contributed by atoms with van der Waals surface area (Å²) in [6.45, 7) is 6.08. The van der Waals surface area contributed by atoms with Gasteiger partial charge >= 0.3 is 6.09 Å². The van der Waals surface area contributed by atoms with E-state index in [4.69, 9.17) is 10.5 Å². The Hall–Kier alpha value is -2.16. The summed E-state index contributed by atoms with van der Waals surface area (Å²) in [6, 6.07) is 2.50. The summed E-state index contributed by atoms with van der Waals surface area (Å²) >= 11 is 3.09. The number of nitrogens with two attached hydrogens (primary N) is 1. The lowest BCUT2D eigenvalue weighted by molar-refractivity contribution is -0.121. The first kappa shape index (κ1) is 21.1. The topological polar surface area (TPSA) is 102 Å². The predicted molar refractivity (Wildman–Crippen MR) is 102 cm³/mol. The van der Waals surface area contributed by atoms with Crippen molar-refractivity contribution in [3.63, 3.8) is 0 Å². The predicted octanol–water partition coefficient (Wildman–Crippen LogP) is 3.27. The highest BCUT2D eigenvalue weighted by Crippen LogP contribution is 2.27. The van der Waals surface area contributed by atoms with Gasteiger partial charge in [0.25, 0.3) is 5.91 Å². The summed E-state index contributed by atoms with van der Waals surface area (Å²) in [6.07, 6.45) is 0.404. The number of anilines is 1. The monoisotopic (exact) mass is 443 g/mol. The van der Waals surface area contributed by atoms with Gasteiger partial charge in [-0.05, 0) is 45.7 Å². The number of hydrogen-bond donors (Lipinski definition) is 2. The smallest absolute Gasteiger partial charge is 0.410 e. The Labute approximate surface area is 165 Å². The fourth-order valence-corrected chi connectivity index (χ4v) is 3.20. The minimum atomic E-state index is -0.842. The van der Waals surface area contributed by atoms with E-state index in [1.807, 2.05) is 0 Å². The van der Waals surface area contributed by atoms with Gasteiger partial charge in [-0.1, -0.05) is 15.9 Å². The van der Waals surface area contributed by atoms with Crippen molar-refractivity contribution in [3.8, 4) is 0 Å². The molecule has 0 aromatic heterocycles. The highest BCUT2D eigenvalue weighted by molar-refractivity contribution is 9.10. The third-order valence-electron chi connectivity index (χ3n) is 4.09. The molecular formula is C18H23BrFN3O4. The second-order valence-electron chi connectivity index (χ2n) is 7.41. The molecule has 27 heavy (non-hydrogen) atoms. The first-order valence-electron chi connectivity index (χ1n) is 8.55.